The molecule has 19 heteroatoms. The van der Waals surface area contributed by atoms with Gasteiger partial charge in [-0.25, -0.2) is 9.13 Å². The second kappa shape index (κ2) is 73.0. The quantitative estimate of drug-likeness (QED) is 0.0222. The van der Waals surface area contributed by atoms with Gasteiger partial charge in [-0.05, 0) is 31.6 Å². The van der Waals surface area contributed by atoms with Gasteiger partial charge in [0.2, 0.25) is 0 Å². The van der Waals surface area contributed by atoms with E-state index in [0.717, 1.165) is 109 Å². The molecule has 3 N–H and O–H groups in total. The van der Waals surface area contributed by atoms with Crippen molar-refractivity contribution in [3.05, 3.63) is 0 Å². The number of hydrogen-bond acceptors (Lipinski definition) is 15. The zero-order valence-electron chi connectivity index (χ0n) is 64.6. The highest BCUT2D eigenvalue weighted by atomic mass is 31.2. The van der Waals surface area contributed by atoms with Crippen LogP contribution in [0.4, 0.5) is 0 Å². The van der Waals surface area contributed by atoms with Crippen LogP contribution in [0, 0.1) is 5.92 Å². The number of aliphatic hydroxyl groups excluding tert-OH is 1. The van der Waals surface area contributed by atoms with Gasteiger partial charge in [0.05, 0.1) is 26.4 Å². The lowest BCUT2D eigenvalue weighted by atomic mass is 10.0. The molecule has 0 aromatic heterocycles. The first kappa shape index (κ1) is 97.1. The van der Waals surface area contributed by atoms with Crippen molar-refractivity contribution in [2.45, 2.75) is 445 Å². The third kappa shape index (κ3) is 74.1. The van der Waals surface area contributed by atoms with Crippen LogP contribution in [0.25, 0.3) is 0 Å². The SMILES string of the molecule is CCCCCCCCCCCCCCCCCCCCCCCCC(=O)O[C@H](COC(=O)CCCCCCCCCCCCCCCCCCCCC(C)C)COP(=O)(O)OC[C@@H](O)COP(=O)(O)OC[C@@H](COC(=O)CCCCCCCCCC)OC(=O)CCCCCCCCCC. The molecular formula is C80H156O17P2. The van der Waals surface area contributed by atoms with Crippen molar-refractivity contribution in [3.8, 4) is 0 Å². The van der Waals surface area contributed by atoms with E-state index in [9.17, 15) is 43.2 Å². The molecule has 0 bridgehead atoms. The molecule has 0 aliphatic rings. The molecule has 17 nitrogen and oxygen atoms in total. The topological polar surface area (TPSA) is 237 Å². The summed E-state index contributed by atoms with van der Waals surface area (Å²) >= 11 is 0. The normalized spacial score (nSPS) is 13.9. The highest BCUT2D eigenvalue weighted by Gasteiger charge is 2.30. The van der Waals surface area contributed by atoms with Crippen molar-refractivity contribution < 1.29 is 80.2 Å². The maximum Gasteiger partial charge on any atom is 0.472 e. The van der Waals surface area contributed by atoms with E-state index in [1.165, 1.54) is 238 Å². The minimum absolute atomic E-state index is 0.105. The highest BCUT2D eigenvalue weighted by molar-refractivity contribution is 7.47. The maximum absolute atomic E-state index is 13.1. The van der Waals surface area contributed by atoms with Gasteiger partial charge in [-0.3, -0.25) is 37.3 Å². The number of unbranched alkanes of at least 4 members (excludes halogenated alkanes) is 52. The predicted octanol–water partition coefficient (Wildman–Crippen LogP) is 24.0. The van der Waals surface area contributed by atoms with E-state index in [4.69, 9.17) is 37.0 Å². The monoisotopic (exact) mass is 1450 g/mol. The Hall–Kier alpha value is -1.94. The van der Waals surface area contributed by atoms with Crippen LogP contribution in [0.5, 0.6) is 0 Å². The number of esters is 4. The van der Waals surface area contributed by atoms with Gasteiger partial charge in [-0.15, -0.1) is 0 Å². The van der Waals surface area contributed by atoms with E-state index in [-0.39, 0.29) is 25.7 Å². The number of phosphoric acid groups is 2. The number of carbonyl (C=O) groups excluding carboxylic acids is 4. The summed E-state index contributed by atoms with van der Waals surface area (Å²) in [5.41, 5.74) is 0. The summed E-state index contributed by atoms with van der Waals surface area (Å²) in [5, 5.41) is 10.6. The van der Waals surface area contributed by atoms with Crippen molar-refractivity contribution in [3.63, 3.8) is 0 Å². The van der Waals surface area contributed by atoms with Gasteiger partial charge in [-0.1, -0.05) is 375 Å². The second-order valence-corrected chi connectivity index (χ2v) is 32.2. The second-order valence-electron chi connectivity index (χ2n) is 29.3. The average molecular weight is 1450 g/mol. The lowest BCUT2D eigenvalue weighted by molar-refractivity contribution is -0.161. The lowest BCUT2D eigenvalue weighted by Crippen LogP contribution is -2.30. The molecule has 99 heavy (non-hydrogen) atoms. The Bertz CT molecular complexity index is 1890. The predicted molar refractivity (Wildman–Crippen MR) is 405 cm³/mol. The Morgan fingerprint density at radius 1 is 0.273 bits per heavy atom. The molecule has 2 unspecified atom stereocenters. The molecule has 0 aromatic rings. The Balaban J connectivity index is 5.11. The zero-order chi connectivity index (χ0) is 72.7. The number of phosphoric ester groups is 2. The average Bonchev–Trinajstić information content (AvgIpc) is 1.47. The fourth-order valence-electron chi connectivity index (χ4n) is 12.4. The fraction of sp³-hybridized carbons (Fsp3) is 0.950. The first-order valence-electron chi connectivity index (χ1n) is 41.6. The van der Waals surface area contributed by atoms with Gasteiger partial charge in [0.1, 0.15) is 19.3 Å². The molecular weight excluding hydrogens is 1290 g/mol. The minimum Gasteiger partial charge on any atom is -0.462 e. The van der Waals surface area contributed by atoms with Crippen LogP contribution in [0.1, 0.15) is 426 Å². The van der Waals surface area contributed by atoms with E-state index in [0.29, 0.717) is 25.7 Å². The Morgan fingerprint density at radius 3 is 0.687 bits per heavy atom. The van der Waals surface area contributed by atoms with Gasteiger partial charge in [0.15, 0.2) is 12.2 Å². The molecule has 0 amide bonds. The first-order valence-corrected chi connectivity index (χ1v) is 44.6. The van der Waals surface area contributed by atoms with Crippen LogP contribution in [-0.4, -0.2) is 96.7 Å². The molecule has 0 aliphatic heterocycles. The van der Waals surface area contributed by atoms with E-state index in [1.54, 1.807) is 0 Å². The summed E-state index contributed by atoms with van der Waals surface area (Å²) < 4.78 is 68.4. The molecule has 0 rings (SSSR count). The summed E-state index contributed by atoms with van der Waals surface area (Å²) in [6.45, 7) is 7.29. The number of carbonyl (C=O) groups is 4. The first-order chi connectivity index (χ1) is 48.0. The fourth-order valence-corrected chi connectivity index (χ4v) is 14.0. The lowest BCUT2D eigenvalue weighted by Gasteiger charge is -2.21. The molecule has 0 aromatic carbocycles. The van der Waals surface area contributed by atoms with Gasteiger partial charge in [0, 0.05) is 25.7 Å². The van der Waals surface area contributed by atoms with Crippen molar-refractivity contribution in [2.75, 3.05) is 39.6 Å². The third-order valence-corrected chi connectivity index (χ3v) is 20.7. The van der Waals surface area contributed by atoms with Crippen LogP contribution in [0.15, 0.2) is 0 Å². The van der Waals surface area contributed by atoms with Crippen LogP contribution >= 0.6 is 15.6 Å². The van der Waals surface area contributed by atoms with Gasteiger partial charge < -0.3 is 33.8 Å². The molecule has 0 fully saturated rings. The van der Waals surface area contributed by atoms with E-state index in [2.05, 4.69) is 34.6 Å². The number of rotatable bonds is 80. The summed E-state index contributed by atoms with van der Waals surface area (Å²) in [4.78, 5) is 72.7. The number of ether oxygens (including phenoxy) is 4. The molecule has 0 heterocycles. The smallest absolute Gasteiger partial charge is 0.462 e. The van der Waals surface area contributed by atoms with Crippen molar-refractivity contribution in [2.24, 2.45) is 5.92 Å². The Kier molecular flexibility index (Phi) is 71.6. The third-order valence-electron chi connectivity index (χ3n) is 18.8. The summed E-state index contributed by atoms with van der Waals surface area (Å²) in [7, 11) is -9.90. The molecule has 0 aliphatic carbocycles. The standard InChI is InChI=1S/C80H156O17P2/c1-6-9-12-15-18-21-22-23-24-25-26-27-28-29-34-37-40-43-46-51-56-61-66-80(85)97-76(70-91-78(83)64-59-54-50-45-42-39-36-33-31-30-32-35-38-41-44-47-52-57-62-73(4)5)72-95-99(88,89)93-68-74(81)67-92-98(86,87)94-71-75(96-79(84)65-60-55-49-20-17-14-11-8-3)69-90-77(82)63-58-53-48-19-16-13-10-7-2/h73-76,81H,6-72H2,1-5H3,(H,86,87)(H,88,89)/t74-,75+,76+/m0/s1. The molecule has 588 valence electrons. The van der Waals surface area contributed by atoms with Gasteiger partial charge in [-0.2, -0.15) is 0 Å². The van der Waals surface area contributed by atoms with Crippen LogP contribution < -0.4 is 0 Å². The zero-order valence-corrected chi connectivity index (χ0v) is 66.4. The Labute approximate surface area is 607 Å². The van der Waals surface area contributed by atoms with Crippen LogP contribution in [0.3, 0.4) is 0 Å². The molecule has 0 saturated heterocycles. The highest BCUT2D eigenvalue weighted by Crippen LogP contribution is 2.45. The molecule has 0 spiro atoms. The number of aliphatic hydroxyl groups is 1. The van der Waals surface area contributed by atoms with E-state index < -0.39 is 97.5 Å². The molecule has 0 radical (unpaired) electrons. The summed E-state index contributed by atoms with van der Waals surface area (Å²) in [6.07, 6.45) is 64.3. The van der Waals surface area contributed by atoms with E-state index >= 15 is 0 Å². The van der Waals surface area contributed by atoms with Crippen molar-refractivity contribution in [1.82, 2.24) is 0 Å². The molecule has 5 atom stereocenters. The van der Waals surface area contributed by atoms with Gasteiger partial charge in [0.25, 0.3) is 0 Å². The van der Waals surface area contributed by atoms with Crippen LogP contribution in [0.2, 0.25) is 0 Å². The number of hydrogen-bond donors (Lipinski definition) is 3. The van der Waals surface area contributed by atoms with Crippen LogP contribution in [-0.2, 0) is 65.4 Å². The maximum atomic E-state index is 13.1. The largest absolute Gasteiger partial charge is 0.472 e. The Morgan fingerprint density at radius 2 is 0.465 bits per heavy atom. The molecule has 0 saturated carbocycles. The summed E-state index contributed by atoms with van der Waals surface area (Å²) in [6, 6.07) is 0. The van der Waals surface area contributed by atoms with Gasteiger partial charge >= 0.3 is 39.5 Å². The van der Waals surface area contributed by atoms with E-state index in [1.807, 2.05) is 0 Å². The van der Waals surface area contributed by atoms with Crippen molar-refractivity contribution in [1.29, 1.82) is 0 Å². The van der Waals surface area contributed by atoms with Crippen molar-refractivity contribution >= 4 is 39.5 Å². The minimum atomic E-state index is -4.96. The summed E-state index contributed by atoms with van der Waals surface area (Å²) in [5.74, 6) is -1.29.